The Bertz CT molecular complexity index is 595. The zero-order valence-electron chi connectivity index (χ0n) is 13.4. The van der Waals surface area contributed by atoms with Gasteiger partial charge in [-0.2, -0.15) is 0 Å². The van der Waals surface area contributed by atoms with Gasteiger partial charge < -0.3 is 10.2 Å². The van der Waals surface area contributed by atoms with Crippen molar-refractivity contribution in [1.82, 2.24) is 5.32 Å². The normalized spacial score (nSPS) is 10.3. The topological polar surface area (TPSA) is 32.3 Å². The molecule has 2 aromatic carbocycles. The Kier molecular flexibility index (Phi) is 6.01. The Hall–Kier alpha value is -2.29. The summed E-state index contributed by atoms with van der Waals surface area (Å²) in [4.78, 5) is 13.9. The number of hydrogen-bond donors (Lipinski definition) is 1. The minimum Gasteiger partial charge on any atom is -0.365 e. The number of anilines is 1. The Labute approximate surface area is 133 Å². The highest BCUT2D eigenvalue weighted by Gasteiger charge is 2.07. The molecule has 0 aliphatic heterocycles. The van der Waals surface area contributed by atoms with Crippen LogP contribution in [0.5, 0.6) is 0 Å². The molecule has 116 valence electrons. The predicted octanol–water partition coefficient (Wildman–Crippen LogP) is 3.18. The number of aryl methyl sites for hydroxylation is 2. The number of carbonyl (C=O) groups is 1. The lowest BCUT2D eigenvalue weighted by Gasteiger charge is -2.19. The molecule has 0 saturated heterocycles. The Balaban J connectivity index is 1.69. The van der Waals surface area contributed by atoms with Crippen LogP contribution >= 0.6 is 0 Å². The molecule has 0 saturated carbocycles. The van der Waals surface area contributed by atoms with Crippen molar-refractivity contribution in [3.8, 4) is 0 Å². The van der Waals surface area contributed by atoms with Gasteiger partial charge >= 0.3 is 0 Å². The van der Waals surface area contributed by atoms with Gasteiger partial charge in [0.05, 0.1) is 6.54 Å². The minimum atomic E-state index is 0.0667. The third kappa shape index (κ3) is 5.24. The van der Waals surface area contributed by atoms with E-state index in [1.54, 1.807) is 0 Å². The monoisotopic (exact) mass is 296 g/mol. The lowest BCUT2D eigenvalue weighted by atomic mass is 10.1. The fraction of sp³-hybridized carbons (Fsp3) is 0.316. The molecule has 0 atom stereocenters. The van der Waals surface area contributed by atoms with Gasteiger partial charge in [-0.25, -0.2) is 0 Å². The Morgan fingerprint density at radius 1 is 1.09 bits per heavy atom. The molecule has 0 fully saturated rings. The maximum atomic E-state index is 12.0. The number of benzene rings is 2. The number of carbonyl (C=O) groups excluding carboxylic acids is 1. The van der Waals surface area contributed by atoms with Crippen LogP contribution in [0, 0.1) is 6.92 Å². The maximum absolute atomic E-state index is 12.0. The van der Waals surface area contributed by atoms with E-state index in [0.717, 1.165) is 25.1 Å². The van der Waals surface area contributed by atoms with Crippen LogP contribution in [0.1, 0.15) is 17.5 Å². The first kappa shape index (κ1) is 16.1. The third-order valence-electron chi connectivity index (χ3n) is 3.63. The van der Waals surface area contributed by atoms with Gasteiger partial charge in [0.1, 0.15) is 0 Å². The predicted molar refractivity (Wildman–Crippen MR) is 92.2 cm³/mol. The van der Waals surface area contributed by atoms with Gasteiger partial charge in [0.25, 0.3) is 0 Å². The molecule has 22 heavy (non-hydrogen) atoms. The van der Waals surface area contributed by atoms with Gasteiger partial charge in [0.2, 0.25) is 5.91 Å². The molecular formula is C19H24N2O. The van der Waals surface area contributed by atoms with E-state index < -0.39 is 0 Å². The van der Waals surface area contributed by atoms with Crippen LogP contribution < -0.4 is 10.2 Å². The lowest BCUT2D eigenvalue weighted by Crippen LogP contribution is -2.35. The van der Waals surface area contributed by atoms with Crippen molar-refractivity contribution in [2.24, 2.45) is 0 Å². The molecule has 0 aliphatic rings. The molecule has 2 rings (SSSR count). The largest absolute Gasteiger partial charge is 0.365 e. The van der Waals surface area contributed by atoms with Crippen molar-refractivity contribution in [2.75, 3.05) is 25.0 Å². The van der Waals surface area contributed by atoms with E-state index >= 15 is 0 Å². The zero-order valence-corrected chi connectivity index (χ0v) is 13.4. The first-order valence-electron chi connectivity index (χ1n) is 7.73. The van der Waals surface area contributed by atoms with Crippen molar-refractivity contribution in [3.05, 3.63) is 65.7 Å². The van der Waals surface area contributed by atoms with Gasteiger partial charge in [-0.1, -0.05) is 42.5 Å². The van der Waals surface area contributed by atoms with Crippen LogP contribution in [0.3, 0.4) is 0 Å². The van der Waals surface area contributed by atoms with Crippen LogP contribution in [-0.4, -0.2) is 26.0 Å². The molecule has 3 heteroatoms. The molecule has 1 N–H and O–H groups in total. The second kappa shape index (κ2) is 8.23. The standard InChI is InChI=1S/C19H24N2O/c1-16-8-6-12-18(14-16)21(2)15-19(22)20-13-7-11-17-9-4-3-5-10-17/h3-6,8-10,12,14H,7,11,13,15H2,1-2H3,(H,20,22). The Morgan fingerprint density at radius 3 is 2.59 bits per heavy atom. The van der Waals surface area contributed by atoms with Gasteiger partial charge in [0, 0.05) is 19.3 Å². The van der Waals surface area contributed by atoms with Gasteiger partial charge in [0.15, 0.2) is 0 Å². The summed E-state index contributed by atoms with van der Waals surface area (Å²) in [6.07, 6.45) is 1.96. The first-order valence-corrected chi connectivity index (χ1v) is 7.73. The molecule has 0 aliphatic carbocycles. The summed E-state index contributed by atoms with van der Waals surface area (Å²) in [5.41, 5.74) is 3.58. The van der Waals surface area contributed by atoms with E-state index in [1.807, 2.05) is 42.3 Å². The van der Waals surface area contributed by atoms with E-state index in [-0.39, 0.29) is 5.91 Å². The average Bonchev–Trinajstić information content (AvgIpc) is 2.52. The molecule has 1 amide bonds. The summed E-state index contributed by atoms with van der Waals surface area (Å²) in [5, 5.41) is 2.99. The van der Waals surface area contributed by atoms with E-state index in [4.69, 9.17) is 0 Å². The van der Waals surface area contributed by atoms with E-state index in [1.165, 1.54) is 11.1 Å². The van der Waals surface area contributed by atoms with E-state index in [0.29, 0.717) is 6.54 Å². The summed E-state index contributed by atoms with van der Waals surface area (Å²) in [7, 11) is 1.94. The molecule has 0 bridgehead atoms. The number of amides is 1. The first-order chi connectivity index (χ1) is 10.6. The Morgan fingerprint density at radius 2 is 1.86 bits per heavy atom. The van der Waals surface area contributed by atoms with Gasteiger partial charge in [-0.15, -0.1) is 0 Å². The fourth-order valence-corrected chi connectivity index (χ4v) is 2.39. The molecule has 0 heterocycles. The molecule has 0 unspecified atom stereocenters. The highest BCUT2D eigenvalue weighted by Crippen LogP contribution is 2.13. The summed E-state index contributed by atoms with van der Waals surface area (Å²) in [6.45, 7) is 3.16. The second-order valence-electron chi connectivity index (χ2n) is 5.63. The second-order valence-corrected chi connectivity index (χ2v) is 5.63. The van der Waals surface area contributed by atoms with Crippen LogP contribution in [-0.2, 0) is 11.2 Å². The van der Waals surface area contributed by atoms with Crippen molar-refractivity contribution in [3.63, 3.8) is 0 Å². The highest BCUT2D eigenvalue weighted by molar-refractivity contribution is 5.81. The summed E-state index contributed by atoms with van der Waals surface area (Å²) in [5.74, 6) is 0.0667. The van der Waals surface area contributed by atoms with Crippen molar-refractivity contribution in [2.45, 2.75) is 19.8 Å². The minimum absolute atomic E-state index is 0.0667. The quantitative estimate of drug-likeness (QED) is 0.796. The maximum Gasteiger partial charge on any atom is 0.239 e. The number of nitrogens with one attached hydrogen (secondary N) is 1. The average molecular weight is 296 g/mol. The number of rotatable bonds is 7. The number of likely N-dealkylation sites (N-methyl/N-ethyl adjacent to an activating group) is 1. The molecular weight excluding hydrogens is 272 g/mol. The molecule has 0 aromatic heterocycles. The van der Waals surface area contributed by atoms with Crippen molar-refractivity contribution < 1.29 is 4.79 Å². The van der Waals surface area contributed by atoms with E-state index in [9.17, 15) is 4.79 Å². The van der Waals surface area contributed by atoms with Crippen LogP contribution in [0.25, 0.3) is 0 Å². The van der Waals surface area contributed by atoms with Gasteiger partial charge in [-0.3, -0.25) is 4.79 Å². The fourth-order valence-electron chi connectivity index (χ4n) is 2.39. The summed E-state index contributed by atoms with van der Waals surface area (Å²) in [6, 6.07) is 18.5. The van der Waals surface area contributed by atoms with Crippen molar-refractivity contribution in [1.29, 1.82) is 0 Å². The zero-order chi connectivity index (χ0) is 15.8. The molecule has 0 radical (unpaired) electrons. The molecule has 3 nitrogen and oxygen atoms in total. The SMILES string of the molecule is Cc1cccc(N(C)CC(=O)NCCCc2ccccc2)c1. The highest BCUT2D eigenvalue weighted by atomic mass is 16.2. The third-order valence-corrected chi connectivity index (χ3v) is 3.63. The molecule has 2 aromatic rings. The number of hydrogen-bond acceptors (Lipinski definition) is 2. The van der Waals surface area contributed by atoms with Crippen LogP contribution in [0.15, 0.2) is 54.6 Å². The summed E-state index contributed by atoms with van der Waals surface area (Å²) < 4.78 is 0. The number of nitrogens with zero attached hydrogens (tertiary/aromatic N) is 1. The van der Waals surface area contributed by atoms with Gasteiger partial charge in [-0.05, 0) is 43.0 Å². The van der Waals surface area contributed by atoms with Crippen LogP contribution in [0.4, 0.5) is 5.69 Å². The lowest BCUT2D eigenvalue weighted by molar-refractivity contribution is -0.119. The smallest absolute Gasteiger partial charge is 0.239 e. The van der Waals surface area contributed by atoms with Crippen molar-refractivity contribution >= 4 is 11.6 Å². The summed E-state index contributed by atoms with van der Waals surface area (Å²) >= 11 is 0. The van der Waals surface area contributed by atoms with E-state index in [2.05, 4.69) is 36.5 Å². The van der Waals surface area contributed by atoms with Crippen LogP contribution in [0.2, 0.25) is 0 Å². The molecule has 0 spiro atoms.